The van der Waals surface area contributed by atoms with Crippen molar-refractivity contribution in [3.8, 4) is 5.75 Å². The molecule has 0 N–H and O–H groups in total. The van der Waals surface area contributed by atoms with E-state index in [9.17, 15) is 4.79 Å². The maximum absolute atomic E-state index is 13.3. The van der Waals surface area contributed by atoms with E-state index in [1.54, 1.807) is 12.1 Å². The van der Waals surface area contributed by atoms with Crippen LogP contribution in [-0.2, 0) is 0 Å². The molecule has 1 aliphatic rings. The van der Waals surface area contributed by atoms with E-state index in [-0.39, 0.29) is 11.9 Å². The smallest absolute Gasteiger partial charge is 0.274 e. The molecule has 0 bridgehead atoms. The van der Waals surface area contributed by atoms with Crippen molar-refractivity contribution in [3.05, 3.63) is 99.5 Å². The Kier molecular flexibility index (Phi) is 5.49. The first-order valence-corrected chi connectivity index (χ1v) is 10.2. The van der Waals surface area contributed by atoms with E-state index in [0.29, 0.717) is 12.0 Å². The molecule has 3 aromatic rings. The van der Waals surface area contributed by atoms with E-state index < -0.39 is 0 Å². The molecule has 5 heteroatoms. The van der Waals surface area contributed by atoms with Gasteiger partial charge in [0.1, 0.15) is 5.75 Å². The number of halogens is 1. The van der Waals surface area contributed by atoms with Crippen LogP contribution in [0.4, 0.5) is 0 Å². The summed E-state index contributed by atoms with van der Waals surface area (Å²) in [5.41, 5.74) is 4.58. The molecule has 0 unspecified atom stereocenters. The maximum atomic E-state index is 13.3. The van der Waals surface area contributed by atoms with E-state index >= 15 is 0 Å². The predicted molar refractivity (Wildman–Crippen MR) is 118 cm³/mol. The third kappa shape index (κ3) is 3.96. The normalized spacial score (nSPS) is 15.9. The molecule has 1 heterocycles. The van der Waals surface area contributed by atoms with Crippen molar-refractivity contribution in [1.29, 1.82) is 0 Å². The van der Waals surface area contributed by atoms with Crippen molar-refractivity contribution >= 4 is 27.5 Å². The van der Waals surface area contributed by atoms with Crippen LogP contribution in [0.3, 0.4) is 0 Å². The van der Waals surface area contributed by atoms with Gasteiger partial charge in [0.15, 0.2) is 0 Å². The van der Waals surface area contributed by atoms with Gasteiger partial charge in [0.05, 0.1) is 18.9 Å². The molecule has 3 aromatic carbocycles. The molecule has 1 amide bonds. The van der Waals surface area contributed by atoms with Crippen LogP contribution < -0.4 is 4.74 Å². The van der Waals surface area contributed by atoms with Crippen molar-refractivity contribution < 1.29 is 9.53 Å². The summed E-state index contributed by atoms with van der Waals surface area (Å²) in [6, 6.07) is 23.2. The van der Waals surface area contributed by atoms with Gasteiger partial charge in [0, 0.05) is 22.0 Å². The van der Waals surface area contributed by atoms with Gasteiger partial charge in [-0.1, -0.05) is 64.0 Å². The molecular weight excluding hydrogens is 428 g/mol. The van der Waals surface area contributed by atoms with Crippen LogP contribution in [0.25, 0.3) is 0 Å². The van der Waals surface area contributed by atoms with Gasteiger partial charge in [-0.2, -0.15) is 5.10 Å². The van der Waals surface area contributed by atoms with Crippen LogP contribution in [-0.4, -0.2) is 23.7 Å². The molecular formula is C24H21BrN2O2. The van der Waals surface area contributed by atoms with Crippen molar-refractivity contribution in [3.63, 3.8) is 0 Å². The van der Waals surface area contributed by atoms with Gasteiger partial charge in [-0.05, 0) is 42.8 Å². The zero-order valence-electron chi connectivity index (χ0n) is 16.3. The SMILES string of the molecule is COc1ccccc1[C@@H]1CC(c2ccc(Br)cc2)=NN1C(=O)c1ccc(C)cc1. The zero-order valence-corrected chi connectivity index (χ0v) is 17.9. The molecule has 0 saturated carbocycles. The third-order valence-corrected chi connectivity index (χ3v) is 5.62. The molecule has 0 radical (unpaired) electrons. The lowest BCUT2D eigenvalue weighted by Gasteiger charge is -2.23. The molecule has 0 spiro atoms. The topological polar surface area (TPSA) is 41.9 Å². The Morgan fingerprint density at radius 1 is 1.03 bits per heavy atom. The molecule has 1 aliphatic heterocycles. The van der Waals surface area contributed by atoms with Crippen LogP contribution in [0, 0.1) is 6.92 Å². The van der Waals surface area contributed by atoms with Crippen molar-refractivity contribution in [2.45, 2.75) is 19.4 Å². The summed E-state index contributed by atoms with van der Waals surface area (Å²) in [6.07, 6.45) is 0.625. The van der Waals surface area contributed by atoms with Crippen LogP contribution in [0.1, 0.15) is 39.5 Å². The van der Waals surface area contributed by atoms with Crippen molar-refractivity contribution in [2.75, 3.05) is 7.11 Å². The molecule has 0 aromatic heterocycles. The number of amides is 1. The second kappa shape index (κ2) is 8.21. The largest absolute Gasteiger partial charge is 0.496 e. The first kappa shape index (κ1) is 19.4. The van der Waals surface area contributed by atoms with E-state index in [1.165, 1.54) is 0 Å². The number of hydrogen-bond acceptors (Lipinski definition) is 3. The highest BCUT2D eigenvalue weighted by molar-refractivity contribution is 9.10. The monoisotopic (exact) mass is 448 g/mol. The number of para-hydroxylation sites is 1. The fourth-order valence-corrected chi connectivity index (χ4v) is 3.79. The van der Waals surface area contributed by atoms with Gasteiger partial charge in [-0.3, -0.25) is 4.79 Å². The minimum Gasteiger partial charge on any atom is -0.496 e. The molecule has 0 aliphatic carbocycles. The number of aryl methyl sites for hydroxylation is 1. The highest BCUT2D eigenvalue weighted by atomic mass is 79.9. The number of ether oxygens (including phenoxy) is 1. The predicted octanol–water partition coefficient (Wildman–Crippen LogP) is 5.76. The van der Waals surface area contributed by atoms with Gasteiger partial charge < -0.3 is 4.74 Å². The van der Waals surface area contributed by atoms with Crippen LogP contribution in [0.5, 0.6) is 5.75 Å². The van der Waals surface area contributed by atoms with E-state index in [1.807, 2.05) is 79.7 Å². The first-order valence-electron chi connectivity index (χ1n) is 9.43. The first-order chi connectivity index (χ1) is 14.1. The fourth-order valence-electron chi connectivity index (χ4n) is 3.53. The lowest BCUT2D eigenvalue weighted by molar-refractivity contribution is 0.0709. The standard InChI is InChI=1S/C24H21BrN2O2/c1-16-7-9-18(10-8-16)24(28)27-22(20-5-3-4-6-23(20)29-2)15-21(26-27)17-11-13-19(25)14-12-17/h3-14,22H,15H2,1-2H3/t22-/m0/s1. The summed E-state index contributed by atoms with van der Waals surface area (Å²) in [4.78, 5) is 13.3. The highest BCUT2D eigenvalue weighted by Gasteiger charge is 2.35. The number of nitrogens with zero attached hydrogens (tertiary/aromatic N) is 2. The summed E-state index contributed by atoms with van der Waals surface area (Å²) in [5.74, 6) is 0.638. The molecule has 0 fully saturated rings. The molecule has 1 atom stereocenters. The number of hydrazone groups is 1. The Hall–Kier alpha value is -2.92. The van der Waals surface area contributed by atoms with Gasteiger partial charge in [0.25, 0.3) is 5.91 Å². The number of hydrogen-bond donors (Lipinski definition) is 0. The van der Waals surface area contributed by atoms with Crippen molar-refractivity contribution in [2.24, 2.45) is 5.10 Å². The van der Waals surface area contributed by atoms with Crippen LogP contribution >= 0.6 is 15.9 Å². The van der Waals surface area contributed by atoms with Crippen LogP contribution in [0.2, 0.25) is 0 Å². The number of methoxy groups -OCH3 is 1. The number of carbonyl (C=O) groups is 1. The number of rotatable bonds is 4. The van der Waals surface area contributed by atoms with E-state index in [2.05, 4.69) is 15.9 Å². The minimum absolute atomic E-state index is 0.118. The van der Waals surface area contributed by atoms with Gasteiger partial charge in [-0.25, -0.2) is 5.01 Å². The van der Waals surface area contributed by atoms with Gasteiger partial charge in [0.2, 0.25) is 0 Å². The Labute approximate surface area is 178 Å². The highest BCUT2D eigenvalue weighted by Crippen LogP contribution is 2.38. The molecule has 146 valence electrons. The van der Waals surface area contributed by atoms with E-state index in [0.717, 1.165) is 32.6 Å². The lowest BCUT2D eigenvalue weighted by atomic mass is 9.97. The number of carbonyl (C=O) groups excluding carboxylic acids is 1. The van der Waals surface area contributed by atoms with Crippen LogP contribution in [0.15, 0.2) is 82.4 Å². The quantitative estimate of drug-likeness (QED) is 0.509. The van der Waals surface area contributed by atoms with Gasteiger partial charge in [-0.15, -0.1) is 0 Å². The summed E-state index contributed by atoms with van der Waals surface area (Å²) in [7, 11) is 1.65. The molecule has 4 rings (SSSR count). The summed E-state index contributed by atoms with van der Waals surface area (Å²) < 4.78 is 6.58. The fraction of sp³-hybridized carbons (Fsp3) is 0.167. The molecule has 4 nitrogen and oxygen atoms in total. The summed E-state index contributed by atoms with van der Waals surface area (Å²) >= 11 is 3.47. The average Bonchev–Trinajstić information content (AvgIpc) is 3.19. The number of benzene rings is 3. The Morgan fingerprint density at radius 2 is 1.72 bits per heavy atom. The zero-order chi connectivity index (χ0) is 20.4. The Bertz CT molecular complexity index is 1060. The average molecular weight is 449 g/mol. The summed E-state index contributed by atoms with van der Waals surface area (Å²) in [5, 5.41) is 6.35. The maximum Gasteiger partial charge on any atom is 0.274 e. The second-order valence-electron chi connectivity index (χ2n) is 7.03. The molecule has 0 saturated heterocycles. The Balaban J connectivity index is 1.76. The lowest BCUT2D eigenvalue weighted by Crippen LogP contribution is -2.27. The van der Waals surface area contributed by atoms with Crippen molar-refractivity contribution in [1.82, 2.24) is 5.01 Å². The van der Waals surface area contributed by atoms with E-state index in [4.69, 9.17) is 9.84 Å². The van der Waals surface area contributed by atoms with Gasteiger partial charge >= 0.3 is 0 Å². The third-order valence-electron chi connectivity index (χ3n) is 5.09. The minimum atomic E-state index is -0.224. The second-order valence-corrected chi connectivity index (χ2v) is 7.95. The summed E-state index contributed by atoms with van der Waals surface area (Å²) in [6.45, 7) is 2.01. The molecule has 29 heavy (non-hydrogen) atoms. The Morgan fingerprint density at radius 3 is 2.41 bits per heavy atom.